The van der Waals surface area contributed by atoms with Crippen LogP contribution in [0.15, 0.2) is 24.5 Å². The van der Waals surface area contributed by atoms with Gasteiger partial charge in [0.15, 0.2) is 0 Å². The highest BCUT2D eigenvalue weighted by Gasteiger charge is 2.44. The van der Waals surface area contributed by atoms with Crippen molar-refractivity contribution in [1.29, 1.82) is 0 Å². The molecule has 140 valence electrons. The largest absolute Gasteiger partial charge is 0.340 e. The van der Waals surface area contributed by atoms with Crippen LogP contribution < -0.4 is 0 Å². The smallest absolute Gasteiger partial charge is 0.242 e. The number of pyridine rings is 1. The summed E-state index contributed by atoms with van der Waals surface area (Å²) in [6, 6.07) is 4.49. The lowest BCUT2D eigenvalue weighted by Crippen LogP contribution is -2.55. The highest BCUT2D eigenvalue weighted by molar-refractivity contribution is 5.89. The normalized spacial score (nSPS) is 28.3. The van der Waals surface area contributed by atoms with Gasteiger partial charge in [-0.05, 0) is 30.9 Å². The summed E-state index contributed by atoms with van der Waals surface area (Å²) in [5, 5.41) is 0. The Labute approximate surface area is 155 Å². The minimum Gasteiger partial charge on any atom is -0.340 e. The van der Waals surface area contributed by atoms with Gasteiger partial charge in [-0.25, -0.2) is 0 Å². The van der Waals surface area contributed by atoms with Crippen LogP contribution in [0, 0.1) is 5.92 Å². The highest BCUT2D eigenvalue weighted by Crippen LogP contribution is 2.32. The van der Waals surface area contributed by atoms with E-state index in [1.54, 1.807) is 17.3 Å². The first kappa shape index (κ1) is 17.5. The number of fused-ring (bicyclic) bond motifs is 1. The number of carbonyl (C=O) groups is 2. The second-order valence-corrected chi connectivity index (χ2v) is 7.96. The van der Waals surface area contributed by atoms with Crippen molar-refractivity contribution in [1.82, 2.24) is 19.7 Å². The number of rotatable bonds is 3. The summed E-state index contributed by atoms with van der Waals surface area (Å²) >= 11 is 0. The lowest BCUT2D eigenvalue weighted by molar-refractivity contribution is -0.139. The zero-order valence-electron chi connectivity index (χ0n) is 15.5. The standard InChI is InChI=1S/C20H28N4O2/c1-22-18-8-10-23(16-6-2-3-7-16)13-17(18)20(26)24(14-19(22)25)12-15-5-4-9-21-11-15/h4-5,9,11,16-18H,2-3,6-8,10,12-14H2,1H3/t17-,18+/m0/s1. The van der Waals surface area contributed by atoms with E-state index in [4.69, 9.17) is 0 Å². The lowest BCUT2D eigenvalue weighted by Gasteiger charge is -2.42. The Hall–Kier alpha value is -1.95. The third-order valence-corrected chi connectivity index (χ3v) is 6.39. The first-order valence-electron chi connectivity index (χ1n) is 9.81. The van der Waals surface area contributed by atoms with Crippen molar-refractivity contribution < 1.29 is 9.59 Å². The van der Waals surface area contributed by atoms with E-state index in [1.807, 2.05) is 24.1 Å². The average Bonchev–Trinajstić information content (AvgIpc) is 3.19. The molecule has 6 nitrogen and oxygen atoms in total. The van der Waals surface area contributed by atoms with Gasteiger partial charge in [0.05, 0.1) is 5.92 Å². The lowest BCUT2D eigenvalue weighted by atomic mass is 9.89. The van der Waals surface area contributed by atoms with Gasteiger partial charge >= 0.3 is 0 Å². The molecular formula is C20H28N4O2. The van der Waals surface area contributed by atoms with Crippen molar-refractivity contribution in [2.45, 2.75) is 50.7 Å². The van der Waals surface area contributed by atoms with Crippen LogP contribution in [0.2, 0.25) is 0 Å². The number of amides is 2. The molecule has 4 rings (SSSR count). The number of aromatic nitrogens is 1. The van der Waals surface area contributed by atoms with Gasteiger partial charge in [-0.15, -0.1) is 0 Å². The molecule has 3 fully saturated rings. The molecule has 2 atom stereocenters. The van der Waals surface area contributed by atoms with Crippen molar-refractivity contribution in [3.8, 4) is 0 Å². The third-order valence-electron chi connectivity index (χ3n) is 6.39. The molecule has 1 aromatic rings. The van der Waals surface area contributed by atoms with Gasteiger partial charge in [-0.3, -0.25) is 19.5 Å². The van der Waals surface area contributed by atoms with Crippen molar-refractivity contribution >= 4 is 11.8 Å². The van der Waals surface area contributed by atoms with E-state index in [0.29, 0.717) is 12.6 Å². The van der Waals surface area contributed by atoms with Crippen molar-refractivity contribution in [3.05, 3.63) is 30.1 Å². The Bertz CT molecular complexity index is 659. The molecule has 6 heteroatoms. The Morgan fingerprint density at radius 2 is 2.00 bits per heavy atom. The fraction of sp³-hybridized carbons (Fsp3) is 0.650. The number of hydrogen-bond donors (Lipinski definition) is 0. The van der Waals surface area contributed by atoms with Gasteiger partial charge in [0.25, 0.3) is 0 Å². The van der Waals surface area contributed by atoms with Crippen LogP contribution in [-0.4, -0.2) is 70.3 Å². The summed E-state index contributed by atoms with van der Waals surface area (Å²) < 4.78 is 0. The van der Waals surface area contributed by atoms with Gasteiger partial charge in [0.1, 0.15) is 6.54 Å². The second-order valence-electron chi connectivity index (χ2n) is 7.96. The number of carbonyl (C=O) groups excluding carboxylic acids is 2. The number of hydrogen-bond acceptors (Lipinski definition) is 4. The summed E-state index contributed by atoms with van der Waals surface area (Å²) in [5.41, 5.74) is 0.971. The van der Waals surface area contributed by atoms with E-state index in [-0.39, 0.29) is 30.3 Å². The van der Waals surface area contributed by atoms with E-state index in [0.717, 1.165) is 25.1 Å². The SMILES string of the molecule is CN1C(=O)CN(Cc2cccnc2)C(=O)[C@H]2CN(C3CCCC3)CC[C@H]21. The molecule has 0 unspecified atom stereocenters. The first-order chi connectivity index (χ1) is 12.6. The van der Waals surface area contributed by atoms with E-state index in [9.17, 15) is 9.59 Å². The predicted octanol–water partition coefficient (Wildman–Crippen LogP) is 1.52. The van der Waals surface area contributed by atoms with E-state index in [1.165, 1.54) is 25.7 Å². The van der Waals surface area contributed by atoms with Crippen LogP contribution >= 0.6 is 0 Å². The Kier molecular flexibility index (Phi) is 4.94. The minimum absolute atomic E-state index is 0.0338. The van der Waals surface area contributed by atoms with Crippen molar-refractivity contribution in [2.75, 3.05) is 26.7 Å². The van der Waals surface area contributed by atoms with Crippen LogP contribution in [0.1, 0.15) is 37.7 Å². The summed E-state index contributed by atoms with van der Waals surface area (Å²) in [4.78, 5) is 36.2. The molecule has 3 heterocycles. The summed E-state index contributed by atoms with van der Waals surface area (Å²) in [6.07, 6.45) is 9.50. The van der Waals surface area contributed by atoms with Gasteiger partial charge in [0.2, 0.25) is 11.8 Å². The fourth-order valence-electron chi connectivity index (χ4n) is 4.89. The molecule has 26 heavy (non-hydrogen) atoms. The monoisotopic (exact) mass is 356 g/mol. The van der Waals surface area contributed by atoms with Gasteiger partial charge in [-0.2, -0.15) is 0 Å². The molecule has 2 amide bonds. The molecule has 0 aromatic carbocycles. The minimum atomic E-state index is -0.113. The maximum Gasteiger partial charge on any atom is 0.242 e. The van der Waals surface area contributed by atoms with E-state index >= 15 is 0 Å². The number of likely N-dealkylation sites (N-methyl/N-ethyl adjacent to an activating group) is 1. The molecule has 0 spiro atoms. The topological polar surface area (TPSA) is 56.8 Å². The van der Waals surface area contributed by atoms with Gasteiger partial charge in [0, 0.05) is 51.2 Å². The maximum absolute atomic E-state index is 13.3. The van der Waals surface area contributed by atoms with Crippen LogP contribution in [0.4, 0.5) is 0 Å². The quantitative estimate of drug-likeness (QED) is 0.824. The molecule has 1 saturated carbocycles. The van der Waals surface area contributed by atoms with Gasteiger partial charge < -0.3 is 9.80 Å². The Morgan fingerprint density at radius 3 is 2.73 bits per heavy atom. The molecule has 0 radical (unpaired) electrons. The highest BCUT2D eigenvalue weighted by atomic mass is 16.2. The van der Waals surface area contributed by atoms with E-state index in [2.05, 4.69) is 9.88 Å². The molecule has 0 bridgehead atoms. The molecule has 2 aliphatic heterocycles. The molecule has 3 aliphatic rings. The summed E-state index contributed by atoms with van der Waals surface area (Å²) in [5.74, 6) is 0.0563. The predicted molar refractivity (Wildman–Crippen MR) is 98.1 cm³/mol. The summed E-state index contributed by atoms with van der Waals surface area (Å²) in [6.45, 7) is 2.41. The Morgan fingerprint density at radius 1 is 1.19 bits per heavy atom. The zero-order valence-corrected chi connectivity index (χ0v) is 15.5. The van der Waals surface area contributed by atoms with Crippen LogP contribution in [0.5, 0.6) is 0 Å². The average molecular weight is 356 g/mol. The third kappa shape index (κ3) is 3.34. The molecular weight excluding hydrogens is 328 g/mol. The summed E-state index contributed by atoms with van der Waals surface area (Å²) in [7, 11) is 1.87. The molecule has 1 aliphatic carbocycles. The van der Waals surface area contributed by atoms with Gasteiger partial charge in [-0.1, -0.05) is 18.9 Å². The van der Waals surface area contributed by atoms with Crippen LogP contribution in [-0.2, 0) is 16.1 Å². The first-order valence-corrected chi connectivity index (χ1v) is 9.81. The number of nitrogens with zero attached hydrogens (tertiary/aromatic N) is 4. The number of piperidine rings is 1. The molecule has 2 saturated heterocycles. The molecule has 1 aromatic heterocycles. The van der Waals surface area contributed by atoms with Crippen molar-refractivity contribution in [3.63, 3.8) is 0 Å². The zero-order chi connectivity index (χ0) is 18.1. The van der Waals surface area contributed by atoms with Crippen LogP contribution in [0.3, 0.4) is 0 Å². The molecule has 0 N–H and O–H groups in total. The second kappa shape index (κ2) is 7.35. The van der Waals surface area contributed by atoms with Crippen LogP contribution in [0.25, 0.3) is 0 Å². The Balaban J connectivity index is 1.55. The fourth-order valence-corrected chi connectivity index (χ4v) is 4.89. The van der Waals surface area contributed by atoms with Crippen molar-refractivity contribution in [2.24, 2.45) is 5.92 Å². The maximum atomic E-state index is 13.3. The van der Waals surface area contributed by atoms with E-state index < -0.39 is 0 Å². The number of likely N-dealkylation sites (tertiary alicyclic amines) is 1.